The zero-order valence-corrected chi connectivity index (χ0v) is 20.3. The first kappa shape index (κ1) is 23.6. The van der Waals surface area contributed by atoms with E-state index in [1.54, 1.807) is 0 Å². The van der Waals surface area contributed by atoms with Crippen molar-refractivity contribution in [2.75, 3.05) is 0 Å². The van der Waals surface area contributed by atoms with Crippen LogP contribution in [0.3, 0.4) is 0 Å². The van der Waals surface area contributed by atoms with Crippen molar-refractivity contribution in [3.8, 4) is 11.5 Å². The number of ether oxygens (including phenoxy) is 3. The number of carbonyl (C=O) groups excluding carboxylic acids is 1. The molecule has 0 amide bonds. The quantitative estimate of drug-likeness (QED) is 0.555. The van der Waals surface area contributed by atoms with Crippen LogP contribution < -0.4 is 9.47 Å². The van der Waals surface area contributed by atoms with Crippen molar-refractivity contribution >= 4 is 5.97 Å². The summed E-state index contributed by atoms with van der Waals surface area (Å²) in [7, 11) is 0. The second-order valence-electron chi connectivity index (χ2n) is 10.0. The van der Waals surface area contributed by atoms with Gasteiger partial charge in [0.2, 0.25) is 0 Å². The van der Waals surface area contributed by atoms with Crippen LogP contribution >= 0.6 is 0 Å². The fourth-order valence-electron chi connectivity index (χ4n) is 5.11. The molecule has 1 N–H and O–H groups in total. The number of cyclic esters (lactones) is 1. The lowest BCUT2D eigenvalue weighted by molar-refractivity contribution is -0.160. The van der Waals surface area contributed by atoms with E-state index in [4.69, 9.17) is 14.2 Å². The Labute approximate surface area is 197 Å². The molecule has 2 aromatic rings. The van der Waals surface area contributed by atoms with Gasteiger partial charge in [0.1, 0.15) is 29.8 Å². The summed E-state index contributed by atoms with van der Waals surface area (Å²) in [6.45, 7) is 9.09. The van der Waals surface area contributed by atoms with E-state index in [-0.39, 0.29) is 24.1 Å². The summed E-state index contributed by atoms with van der Waals surface area (Å²) in [6.07, 6.45) is 3.81. The number of benzene rings is 2. The van der Waals surface area contributed by atoms with Crippen LogP contribution in [0.25, 0.3) is 0 Å². The van der Waals surface area contributed by atoms with E-state index < -0.39 is 6.10 Å². The standard InChI is InChI=1S/C28H36O5/c1-5-9-22-23(13-12-21-14-20(29)15-25(30)32-21)27-24(16-28(3,4)33-27)18(2)26(22)31-17-19-10-7-6-8-11-19/h6-8,10-11,20-21,29H,5,9,12-17H2,1-4H3. The molecule has 33 heavy (non-hydrogen) atoms. The second-order valence-corrected chi connectivity index (χ2v) is 10.0. The van der Waals surface area contributed by atoms with Gasteiger partial charge in [0.05, 0.1) is 12.5 Å². The largest absolute Gasteiger partial charge is 0.488 e. The van der Waals surface area contributed by atoms with Gasteiger partial charge in [-0.25, -0.2) is 0 Å². The van der Waals surface area contributed by atoms with Gasteiger partial charge in [0.25, 0.3) is 0 Å². The molecule has 5 nitrogen and oxygen atoms in total. The first-order valence-electron chi connectivity index (χ1n) is 12.2. The zero-order chi connectivity index (χ0) is 23.6. The Bertz CT molecular complexity index is 995. The third-order valence-corrected chi connectivity index (χ3v) is 6.64. The molecule has 2 aliphatic rings. The number of aliphatic hydroxyl groups excluding tert-OH is 1. The maximum absolute atomic E-state index is 11.8. The van der Waals surface area contributed by atoms with Crippen LogP contribution in [0.2, 0.25) is 0 Å². The van der Waals surface area contributed by atoms with Gasteiger partial charge in [-0.15, -0.1) is 0 Å². The molecule has 0 aromatic heterocycles. The Hall–Kier alpha value is -2.53. The van der Waals surface area contributed by atoms with E-state index in [1.807, 2.05) is 18.2 Å². The minimum atomic E-state index is -0.616. The minimum Gasteiger partial charge on any atom is -0.488 e. The van der Waals surface area contributed by atoms with Gasteiger partial charge >= 0.3 is 5.97 Å². The van der Waals surface area contributed by atoms with Gasteiger partial charge in [-0.2, -0.15) is 0 Å². The van der Waals surface area contributed by atoms with Crippen LogP contribution in [0.5, 0.6) is 11.5 Å². The lowest BCUT2D eigenvalue weighted by Crippen LogP contribution is -2.32. The van der Waals surface area contributed by atoms with E-state index in [2.05, 4.69) is 39.8 Å². The monoisotopic (exact) mass is 452 g/mol. The van der Waals surface area contributed by atoms with E-state index >= 15 is 0 Å². The zero-order valence-electron chi connectivity index (χ0n) is 20.3. The summed E-state index contributed by atoms with van der Waals surface area (Å²) in [4.78, 5) is 11.8. The molecule has 2 heterocycles. The highest BCUT2D eigenvalue weighted by atomic mass is 16.5. The molecule has 0 radical (unpaired) electrons. The number of aliphatic hydroxyl groups is 1. The SMILES string of the molecule is CCCc1c(CCC2CC(O)CC(=O)O2)c2c(c(C)c1OCc1ccccc1)CC(C)(C)O2. The normalized spacial score (nSPS) is 21.3. The summed E-state index contributed by atoms with van der Waals surface area (Å²) in [6, 6.07) is 10.2. The second kappa shape index (κ2) is 9.76. The average molecular weight is 453 g/mol. The van der Waals surface area contributed by atoms with Gasteiger partial charge in [0.15, 0.2) is 0 Å². The first-order valence-corrected chi connectivity index (χ1v) is 12.2. The molecule has 178 valence electrons. The van der Waals surface area contributed by atoms with Crippen molar-refractivity contribution in [2.24, 2.45) is 0 Å². The number of fused-ring (bicyclic) bond motifs is 1. The molecule has 1 saturated heterocycles. The molecular weight excluding hydrogens is 416 g/mol. The lowest BCUT2D eigenvalue weighted by atomic mass is 9.88. The summed E-state index contributed by atoms with van der Waals surface area (Å²) in [5.41, 5.74) is 5.63. The van der Waals surface area contributed by atoms with Crippen molar-refractivity contribution in [2.45, 2.75) is 97.1 Å². The summed E-state index contributed by atoms with van der Waals surface area (Å²) in [5, 5.41) is 10.0. The topological polar surface area (TPSA) is 65.0 Å². The van der Waals surface area contributed by atoms with Gasteiger partial charge < -0.3 is 19.3 Å². The van der Waals surface area contributed by atoms with Crippen LogP contribution in [0.1, 0.15) is 74.3 Å². The molecule has 5 heteroatoms. The molecular formula is C28H36O5. The Balaban J connectivity index is 1.68. The smallest absolute Gasteiger partial charge is 0.308 e. The van der Waals surface area contributed by atoms with E-state index in [0.29, 0.717) is 19.4 Å². The van der Waals surface area contributed by atoms with Crippen molar-refractivity contribution in [1.29, 1.82) is 0 Å². The van der Waals surface area contributed by atoms with Gasteiger partial charge in [-0.1, -0.05) is 43.7 Å². The van der Waals surface area contributed by atoms with Crippen LogP contribution in [-0.2, 0) is 35.4 Å². The predicted octanol–water partition coefficient (Wildman–Crippen LogP) is 5.24. The molecule has 0 saturated carbocycles. The van der Waals surface area contributed by atoms with Crippen LogP contribution in [-0.4, -0.2) is 28.9 Å². The van der Waals surface area contributed by atoms with Gasteiger partial charge in [-0.05, 0) is 51.2 Å². The summed E-state index contributed by atoms with van der Waals surface area (Å²) >= 11 is 0. The molecule has 0 bridgehead atoms. The van der Waals surface area contributed by atoms with Crippen LogP contribution in [0.4, 0.5) is 0 Å². The highest BCUT2D eigenvalue weighted by molar-refractivity contribution is 5.71. The van der Waals surface area contributed by atoms with Crippen molar-refractivity contribution in [1.82, 2.24) is 0 Å². The number of esters is 1. The number of hydrogen-bond donors (Lipinski definition) is 1. The van der Waals surface area contributed by atoms with Crippen LogP contribution in [0.15, 0.2) is 30.3 Å². The third kappa shape index (κ3) is 5.35. The lowest BCUT2D eigenvalue weighted by Gasteiger charge is -2.27. The summed E-state index contributed by atoms with van der Waals surface area (Å²) < 4.78 is 18.5. The Morgan fingerprint density at radius 1 is 1.15 bits per heavy atom. The Morgan fingerprint density at radius 2 is 1.91 bits per heavy atom. The molecule has 2 unspecified atom stereocenters. The Morgan fingerprint density at radius 3 is 2.61 bits per heavy atom. The van der Waals surface area contributed by atoms with Gasteiger partial charge in [-0.3, -0.25) is 4.79 Å². The van der Waals surface area contributed by atoms with E-state index in [1.165, 1.54) is 22.3 Å². The number of rotatable bonds is 8. The third-order valence-electron chi connectivity index (χ3n) is 6.64. The fraction of sp³-hybridized carbons (Fsp3) is 0.536. The predicted molar refractivity (Wildman–Crippen MR) is 128 cm³/mol. The first-order chi connectivity index (χ1) is 15.8. The van der Waals surface area contributed by atoms with Crippen molar-refractivity contribution in [3.05, 3.63) is 58.1 Å². The van der Waals surface area contributed by atoms with Gasteiger partial charge in [0, 0.05) is 29.5 Å². The van der Waals surface area contributed by atoms with Crippen molar-refractivity contribution in [3.63, 3.8) is 0 Å². The molecule has 2 atom stereocenters. The van der Waals surface area contributed by atoms with E-state index in [0.717, 1.165) is 42.7 Å². The van der Waals surface area contributed by atoms with Crippen LogP contribution in [0, 0.1) is 6.92 Å². The molecule has 2 aromatic carbocycles. The van der Waals surface area contributed by atoms with E-state index in [9.17, 15) is 9.90 Å². The number of carbonyl (C=O) groups is 1. The fourth-order valence-corrected chi connectivity index (χ4v) is 5.11. The highest BCUT2D eigenvalue weighted by Crippen LogP contribution is 2.47. The molecule has 0 spiro atoms. The number of hydrogen-bond acceptors (Lipinski definition) is 5. The maximum atomic E-state index is 11.8. The molecule has 2 aliphatic heterocycles. The Kier molecular flexibility index (Phi) is 6.99. The highest BCUT2D eigenvalue weighted by Gasteiger charge is 2.37. The molecule has 0 aliphatic carbocycles. The molecule has 4 rings (SSSR count). The van der Waals surface area contributed by atoms with Crippen molar-refractivity contribution < 1.29 is 24.1 Å². The maximum Gasteiger partial charge on any atom is 0.308 e. The average Bonchev–Trinajstić information content (AvgIpc) is 3.09. The molecule has 1 fully saturated rings. The summed E-state index contributed by atoms with van der Waals surface area (Å²) in [5.74, 6) is 1.64. The minimum absolute atomic E-state index is 0.0896.